The highest BCUT2D eigenvalue weighted by Gasteiger charge is 2.26. The molecule has 0 aliphatic carbocycles. The lowest BCUT2D eigenvalue weighted by Crippen LogP contribution is -2.37. The number of rotatable bonds is 5. The molecule has 2 N–H and O–H groups in total. The summed E-state index contributed by atoms with van der Waals surface area (Å²) in [6.07, 6.45) is 2.21. The van der Waals surface area contributed by atoms with E-state index in [9.17, 15) is 13.2 Å². The van der Waals surface area contributed by atoms with Crippen LogP contribution in [-0.2, 0) is 16.4 Å². The van der Waals surface area contributed by atoms with Crippen molar-refractivity contribution >= 4 is 27.4 Å². The van der Waals surface area contributed by atoms with Gasteiger partial charge < -0.3 is 10.6 Å². The predicted octanol–water partition coefficient (Wildman–Crippen LogP) is 2.32. The maximum absolute atomic E-state index is 12.3. The van der Waals surface area contributed by atoms with Gasteiger partial charge in [-0.2, -0.15) is 0 Å². The molecule has 22 heavy (non-hydrogen) atoms. The van der Waals surface area contributed by atoms with Gasteiger partial charge in [0.15, 0.2) is 0 Å². The van der Waals surface area contributed by atoms with Crippen LogP contribution in [0.1, 0.15) is 32.3 Å². The molecule has 1 aliphatic rings. The van der Waals surface area contributed by atoms with E-state index in [1.165, 1.54) is 4.31 Å². The summed E-state index contributed by atoms with van der Waals surface area (Å²) in [5.41, 5.74) is 2.38. The van der Waals surface area contributed by atoms with Gasteiger partial charge >= 0.3 is 6.03 Å². The minimum atomic E-state index is -3.26. The third-order valence-electron chi connectivity index (χ3n) is 3.55. The number of hydrogen-bond donors (Lipinski definition) is 2. The Morgan fingerprint density at radius 3 is 2.77 bits per heavy atom. The Labute approximate surface area is 131 Å². The average Bonchev–Trinajstić information content (AvgIpc) is 2.46. The minimum absolute atomic E-state index is 0.158. The number of nitrogens with one attached hydrogen (secondary N) is 2. The normalized spacial score (nSPS) is 14.4. The van der Waals surface area contributed by atoms with Gasteiger partial charge in [-0.1, -0.05) is 6.92 Å². The molecule has 1 aliphatic heterocycles. The van der Waals surface area contributed by atoms with E-state index in [4.69, 9.17) is 0 Å². The third-order valence-corrected chi connectivity index (χ3v) is 5.52. The van der Waals surface area contributed by atoms with Gasteiger partial charge in [-0.25, -0.2) is 13.2 Å². The van der Waals surface area contributed by atoms with Crippen molar-refractivity contribution < 1.29 is 13.2 Å². The number of carbonyl (C=O) groups excluding carboxylic acids is 1. The van der Waals surface area contributed by atoms with E-state index in [2.05, 4.69) is 10.6 Å². The Bertz CT molecular complexity index is 643. The summed E-state index contributed by atoms with van der Waals surface area (Å²) in [5, 5.41) is 5.42. The van der Waals surface area contributed by atoms with Crippen LogP contribution in [0.5, 0.6) is 0 Å². The molecule has 1 heterocycles. The summed E-state index contributed by atoms with van der Waals surface area (Å²) < 4.78 is 26.2. The smallest absolute Gasteiger partial charge is 0.319 e. The van der Waals surface area contributed by atoms with Crippen LogP contribution in [0.2, 0.25) is 0 Å². The minimum Gasteiger partial charge on any atom is -0.338 e. The molecule has 0 radical (unpaired) electrons. The fourth-order valence-electron chi connectivity index (χ4n) is 2.63. The number of fused-ring (bicyclic) bond motifs is 1. The van der Waals surface area contributed by atoms with E-state index in [-0.39, 0.29) is 11.8 Å². The van der Waals surface area contributed by atoms with Gasteiger partial charge in [0, 0.05) is 18.8 Å². The first-order valence-electron chi connectivity index (χ1n) is 7.66. The van der Waals surface area contributed by atoms with E-state index in [0.717, 1.165) is 24.1 Å². The quantitative estimate of drug-likeness (QED) is 0.872. The SMILES string of the molecule is CCCS(=O)(=O)N1CCCc2cc(NC(=O)NCC)ccc21. The van der Waals surface area contributed by atoms with Gasteiger partial charge in [0.05, 0.1) is 11.4 Å². The highest BCUT2D eigenvalue weighted by molar-refractivity contribution is 7.92. The number of sulfonamides is 1. The summed E-state index contributed by atoms with van der Waals surface area (Å²) in [4.78, 5) is 11.6. The van der Waals surface area contributed by atoms with Crippen LogP contribution < -0.4 is 14.9 Å². The molecule has 0 unspecified atom stereocenters. The molecule has 0 fully saturated rings. The topological polar surface area (TPSA) is 78.5 Å². The molecule has 0 spiro atoms. The lowest BCUT2D eigenvalue weighted by Gasteiger charge is -2.30. The number of carbonyl (C=O) groups is 1. The molecular formula is C15H23N3O3S. The monoisotopic (exact) mass is 325 g/mol. The average molecular weight is 325 g/mol. The zero-order chi connectivity index (χ0) is 16.2. The van der Waals surface area contributed by atoms with Gasteiger partial charge in [-0.05, 0) is 49.9 Å². The molecule has 2 rings (SSSR count). The summed E-state index contributed by atoms with van der Waals surface area (Å²) >= 11 is 0. The van der Waals surface area contributed by atoms with Crippen molar-refractivity contribution in [2.45, 2.75) is 33.1 Å². The lowest BCUT2D eigenvalue weighted by molar-refractivity contribution is 0.252. The highest BCUT2D eigenvalue weighted by atomic mass is 32.2. The molecule has 1 aromatic carbocycles. The van der Waals surface area contributed by atoms with Crippen LogP contribution in [0.4, 0.5) is 16.2 Å². The van der Waals surface area contributed by atoms with Gasteiger partial charge in [0.25, 0.3) is 0 Å². The van der Waals surface area contributed by atoms with Crippen molar-refractivity contribution in [2.24, 2.45) is 0 Å². The van der Waals surface area contributed by atoms with Crippen molar-refractivity contribution in [2.75, 3.05) is 28.5 Å². The number of amides is 2. The van der Waals surface area contributed by atoms with Crippen LogP contribution in [0.15, 0.2) is 18.2 Å². The number of benzene rings is 1. The van der Waals surface area contributed by atoms with E-state index in [1.807, 2.05) is 19.9 Å². The van der Waals surface area contributed by atoms with E-state index < -0.39 is 10.0 Å². The summed E-state index contributed by atoms with van der Waals surface area (Å²) in [7, 11) is -3.26. The maximum Gasteiger partial charge on any atom is 0.319 e. The first kappa shape index (κ1) is 16.6. The second kappa shape index (κ2) is 7.00. The van der Waals surface area contributed by atoms with E-state index >= 15 is 0 Å². The number of anilines is 2. The van der Waals surface area contributed by atoms with Gasteiger partial charge in [-0.15, -0.1) is 0 Å². The lowest BCUT2D eigenvalue weighted by atomic mass is 10.0. The van der Waals surface area contributed by atoms with Crippen LogP contribution >= 0.6 is 0 Å². The first-order chi connectivity index (χ1) is 10.5. The zero-order valence-corrected chi connectivity index (χ0v) is 13.9. The summed E-state index contributed by atoms with van der Waals surface area (Å²) in [5.74, 6) is 0.158. The van der Waals surface area contributed by atoms with Gasteiger partial charge in [0.1, 0.15) is 0 Å². The van der Waals surface area contributed by atoms with Crippen molar-refractivity contribution in [3.63, 3.8) is 0 Å². The number of urea groups is 1. The molecular weight excluding hydrogens is 302 g/mol. The molecule has 122 valence electrons. The van der Waals surface area contributed by atoms with Crippen molar-refractivity contribution in [1.29, 1.82) is 0 Å². The number of aryl methyl sites for hydroxylation is 1. The van der Waals surface area contributed by atoms with E-state index in [0.29, 0.717) is 25.2 Å². The fourth-order valence-corrected chi connectivity index (χ4v) is 4.25. The standard InChI is InChI=1S/C15H23N3O3S/c1-3-10-22(20,21)18-9-5-6-12-11-13(7-8-14(12)18)17-15(19)16-4-2/h7-8,11H,3-6,9-10H2,1-2H3,(H2,16,17,19). The second-order valence-electron chi connectivity index (χ2n) is 5.32. The molecule has 7 heteroatoms. The molecule has 0 bridgehead atoms. The first-order valence-corrected chi connectivity index (χ1v) is 9.27. The molecule has 0 saturated carbocycles. The largest absolute Gasteiger partial charge is 0.338 e. The Hall–Kier alpha value is -1.76. The molecule has 0 atom stereocenters. The fraction of sp³-hybridized carbons (Fsp3) is 0.533. The predicted molar refractivity (Wildman–Crippen MR) is 88.9 cm³/mol. The van der Waals surface area contributed by atoms with Crippen molar-refractivity contribution in [3.05, 3.63) is 23.8 Å². The van der Waals surface area contributed by atoms with Crippen LogP contribution in [0, 0.1) is 0 Å². The molecule has 0 saturated heterocycles. The van der Waals surface area contributed by atoms with Crippen LogP contribution in [-0.4, -0.2) is 33.3 Å². The molecule has 0 aromatic heterocycles. The van der Waals surface area contributed by atoms with Gasteiger partial charge in [-0.3, -0.25) is 4.31 Å². The third kappa shape index (κ3) is 3.71. The number of hydrogen-bond acceptors (Lipinski definition) is 3. The Morgan fingerprint density at radius 1 is 1.32 bits per heavy atom. The Kier molecular flexibility index (Phi) is 5.28. The highest BCUT2D eigenvalue weighted by Crippen LogP contribution is 2.31. The molecule has 6 nitrogen and oxygen atoms in total. The molecule has 2 amide bonds. The van der Waals surface area contributed by atoms with Crippen LogP contribution in [0.3, 0.4) is 0 Å². The summed E-state index contributed by atoms with van der Waals surface area (Å²) in [6, 6.07) is 5.13. The second-order valence-corrected chi connectivity index (χ2v) is 7.33. The maximum atomic E-state index is 12.3. The van der Waals surface area contributed by atoms with Gasteiger partial charge in [0.2, 0.25) is 10.0 Å². The Balaban J connectivity index is 2.25. The summed E-state index contributed by atoms with van der Waals surface area (Å²) in [6.45, 7) is 4.79. The van der Waals surface area contributed by atoms with Crippen molar-refractivity contribution in [3.8, 4) is 0 Å². The molecule has 1 aromatic rings. The zero-order valence-electron chi connectivity index (χ0n) is 13.1. The number of nitrogens with zero attached hydrogens (tertiary/aromatic N) is 1. The van der Waals surface area contributed by atoms with Crippen molar-refractivity contribution in [1.82, 2.24) is 5.32 Å². The van der Waals surface area contributed by atoms with Crippen LogP contribution in [0.25, 0.3) is 0 Å². The van der Waals surface area contributed by atoms with E-state index in [1.54, 1.807) is 12.1 Å². The Morgan fingerprint density at radius 2 is 2.09 bits per heavy atom.